The van der Waals surface area contributed by atoms with Gasteiger partial charge in [-0.2, -0.15) is 0 Å². The third-order valence-corrected chi connectivity index (χ3v) is 18.9. The fraction of sp³-hybridized carbons (Fsp3) is 0.894. The van der Waals surface area contributed by atoms with Gasteiger partial charge in [0.1, 0.15) is 72.7 Å². The van der Waals surface area contributed by atoms with E-state index in [2.05, 4.69) is 40.7 Å². The minimum atomic E-state index is -2.14. The summed E-state index contributed by atoms with van der Waals surface area (Å²) in [4.78, 5) is 39.8. The van der Waals surface area contributed by atoms with E-state index in [0.29, 0.717) is 44.9 Å². The number of aliphatic hydroxyl groups excluding tert-OH is 9. The minimum Gasteiger partial charge on any atom is -0.481 e. The van der Waals surface area contributed by atoms with Gasteiger partial charge in [-0.25, -0.2) is 4.79 Å². The van der Waals surface area contributed by atoms with Gasteiger partial charge < -0.3 is 89.4 Å². The maximum absolute atomic E-state index is 13.8. The van der Waals surface area contributed by atoms with E-state index in [0.717, 1.165) is 11.9 Å². The fourth-order valence-electron chi connectivity index (χ4n) is 14.8. The van der Waals surface area contributed by atoms with Crippen molar-refractivity contribution in [2.45, 2.75) is 198 Å². The third kappa shape index (κ3) is 7.78. The van der Waals surface area contributed by atoms with Gasteiger partial charge in [-0.05, 0) is 97.2 Å². The quantitative estimate of drug-likeness (QED) is 0.0753. The molecule has 8 rings (SSSR count). The highest BCUT2D eigenvalue weighted by atomic mass is 16.8. The van der Waals surface area contributed by atoms with E-state index in [1.165, 1.54) is 0 Å². The van der Waals surface area contributed by atoms with Crippen LogP contribution >= 0.6 is 0 Å². The largest absolute Gasteiger partial charge is 0.481 e. The standard InChI is InChI=1S/C47H72O20/c1-42(2)13-14-47(41(60)61)21(15-42)20-7-8-25-43(3)11-10-27(44(4,19-49)24(43)9-12-45(25,5)46(20,6)16-26(47)51)64-40-36(67-39-32(56)30(54)29(53)23(17-48)63-39)34(33(57)35(66-40)37(58)59)65-38-31(55)28(52)22(50)18-62-38/h7,19,21-36,38-40,48,50-57H,8-18H2,1-6H3,(H,58,59)(H,60,61)/t21-,22+,23+,24+,25+,26+,27-,28-,29-,30-,31+,32+,33-,34-,35-,36+,38-,39-,40+,43-,44-,45+,46+,47+/m0/s1. The van der Waals surface area contributed by atoms with Crippen molar-refractivity contribution in [1.82, 2.24) is 0 Å². The van der Waals surface area contributed by atoms with Gasteiger partial charge in [-0.3, -0.25) is 4.79 Å². The molecule has 0 bridgehead atoms. The number of allylic oxidation sites excluding steroid dienone is 2. The van der Waals surface area contributed by atoms with Crippen LogP contribution in [0.5, 0.6) is 0 Å². The predicted molar refractivity (Wildman–Crippen MR) is 227 cm³/mol. The summed E-state index contributed by atoms with van der Waals surface area (Å²) < 4.78 is 35.9. The van der Waals surface area contributed by atoms with Crippen LogP contribution in [0.2, 0.25) is 0 Å². The number of aliphatic hydroxyl groups is 9. The van der Waals surface area contributed by atoms with E-state index in [-0.39, 0.29) is 36.0 Å². The molecule has 0 aromatic rings. The normalized spacial score (nSPS) is 54.0. The SMILES string of the molecule is CC1(C)CC[C@]2(C(=O)O)[C@H](O)C[C@]3(C)C(=CC[C@@H]4[C@@]5(C)CC[C@H](O[C@@H]6O[C@H](C(=O)O)[C@@H](O)[C@H](O[C@@H]7OC[C@@H](O)[C@H](O)[C@H]7O)[C@H]6O[C@@H]6O[C@H](CO)[C@H](O)[C@H](O)[C@H]6O)[C@@](C)(C=O)[C@@H]5CC[C@]43C)[C@@H]2C1. The van der Waals surface area contributed by atoms with Crippen LogP contribution in [0.15, 0.2) is 11.6 Å². The molecule has 0 amide bonds. The third-order valence-electron chi connectivity index (χ3n) is 18.9. The Morgan fingerprint density at radius 2 is 1.40 bits per heavy atom. The van der Waals surface area contributed by atoms with E-state index >= 15 is 0 Å². The Morgan fingerprint density at radius 3 is 2.04 bits per heavy atom. The van der Waals surface area contributed by atoms with Crippen molar-refractivity contribution in [3.05, 3.63) is 11.6 Å². The maximum atomic E-state index is 13.8. The van der Waals surface area contributed by atoms with Gasteiger partial charge in [-0.1, -0.05) is 53.2 Å². The molecule has 8 aliphatic rings. The summed E-state index contributed by atoms with van der Waals surface area (Å²) in [5, 5.41) is 118. The van der Waals surface area contributed by atoms with Crippen molar-refractivity contribution in [2.75, 3.05) is 13.2 Å². The van der Waals surface area contributed by atoms with Crippen LogP contribution < -0.4 is 0 Å². The number of hydrogen-bond acceptors (Lipinski definition) is 18. The molecule has 0 aromatic heterocycles. The molecule has 0 unspecified atom stereocenters. The second-order valence-electron chi connectivity index (χ2n) is 22.8. The van der Waals surface area contributed by atoms with Crippen LogP contribution in [0.3, 0.4) is 0 Å². The van der Waals surface area contributed by atoms with Gasteiger partial charge in [-0.15, -0.1) is 0 Å². The topological polar surface area (TPSA) is 329 Å². The number of carbonyl (C=O) groups is 3. The van der Waals surface area contributed by atoms with Crippen molar-refractivity contribution < 1.29 is 99.0 Å². The van der Waals surface area contributed by atoms with Crippen molar-refractivity contribution in [1.29, 1.82) is 0 Å². The van der Waals surface area contributed by atoms with Gasteiger partial charge in [0.2, 0.25) is 0 Å². The number of carbonyl (C=O) groups excluding carboxylic acids is 1. The Labute approximate surface area is 389 Å². The lowest BCUT2D eigenvalue weighted by Crippen LogP contribution is -2.69. The van der Waals surface area contributed by atoms with Crippen molar-refractivity contribution in [3.8, 4) is 0 Å². The van der Waals surface area contributed by atoms with Crippen LogP contribution in [0, 0.1) is 50.2 Å². The number of aldehydes is 1. The first-order valence-corrected chi connectivity index (χ1v) is 23.8. The highest BCUT2D eigenvalue weighted by Crippen LogP contribution is 2.76. The first-order valence-electron chi connectivity index (χ1n) is 23.8. The summed E-state index contributed by atoms with van der Waals surface area (Å²) in [6, 6.07) is 0. The van der Waals surface area contributed by atoms with E-state index in [4.69, 9.17) is 28.4 Å². The maximum Gasteiger partial charge on any atom is 0.335 e. The summed E-state index contributed by atoms with van der Waals surface area (Å²) >= 11 is 0. The molecule has 0 spiro atoms. The number of fused-ring (bicyclic) bond motifs is 7. The Kier molecular flexibility index (Phi) is 13.6. The molecular formula is C47H72O20. The Balaban J connectivity index is 1.13. The molecule has 20 nitrogen and oxygen atoms in total. The molecule has 0 aromatic carbocycles. The van der Waals surface area contributed by atoms with E-state index in [9.17, 15) is 70.6 Å². The molecular weight excluding hydrogens is 884 g/mol. The van der Waals surface area contributed by atoms with Crippen molar-refractivity contribution >= 4 is 18.2 Å². The molecule has 0 radical (unpaired) electrons. The first kappa shape index (κ1) is 51.1. The summed E-state index contributed by atoms with van der Waals surface area (Å²) in [7, 11) is 0. The number of ether oxygens (including phenoxy) is 6. The predicted octanol–water partition coefficient (Wildman–Crippen LogP) is -0.413. The lowest BCUT2D eigenvalue weighted by atomic mass is 9.33. The molecule has 11 N–H and O–H groups in total. The first-order chi connectivity index (χ1) is 31.3. The summed E-state index contributed by atoms with van der Waals surface area (Å²) in [5.41, 5.74) is -3.10. The average Bonchev–Trinajstić information content (AvgIpc) is 3.26. The van der Waals surface area contributed by atoms with Crippen LogP contribution in [-0.2, 0) is 42.8 Å². The molecule has 7 fully saturated rings. The van der Waals surface area contributed by atoms with E-state index in [1.54, 1.807) is 6.92 Å². The summed E-state index contributed by atoms with van der Waals surface area (Å²) in [5.74, 6) is -3.36. The lowest BCUT2D eigenvalue weighted by Gasteiger charge is -2.71. The molecule has 3 aliphatic heterocycles. The summed E-state index contributed by atoms with van der Waals surface area (Å²) in [6.07, 6.45) is -20.5. The van der Waals surface area contributed by atoms with Gasteiger partial charge >= 0.3 is 11.9 Å². The zero-order valence-electron chi connectivity index (χ0n) is 39.0. The zero-order valence-corrected chi connectivity index (χ0v) is 39.0. The van der Waals surface area contributed by atoms with E-state index < -0.39 is 150 Å². The summed E-state index contributed by atoms with van der Waals surface area (Å²) in [6.45, 7) is 11.3. The fourth-order valence-corrected chi connectivity index (χ4v) is 14.8. The minimum absolute atomic E-state index is 0.0258. The molecule has 380 valence electrons. The molecule has 67 heavy (non-hydrogen) atoms. The molecule has 20 heteroatoms. The van der Waals surface area contributed by atoms with Crippen LogP contribution in [0.4, 0.5) is 0 Å². The van der Waals surface area contributed by atoms with E-state index in [1.807, 2.05) is 0 Å². The Morgan fingerprint density at radius 1 is 0.731 bits per heavy atom. The lowest BCUT2D eigenvalue weighted by molar-refractivity contribution is -0.391. The highest BCUT2D eigenvalue weighted by molar-refractivity contribution is 5.78. The van der Waals surface area contributed by atoms with Crippen molar-refractivity contribution in [2.24, 2.45) is 50.2 Å². The van der Waals surface area contributed by atoms with Crippen LogP contribution in [0.1, 0.15) is 99.3 Å². The Hall–Kier alpha value is -2.25. The van der Waals surface area contributed by atoms with Crippen LogP contribution in [-0.4, -0.2) is 186 Å². The smallest absolute Gasteiger partial charge is 0.335 e. The average molecular weight is 957 g/mol. The van der Waals surface area contributed by atoms with Gasteiger partial charge in [0.05, 0.1) is 30.8 Å². The van der Waals surface area contributed by atoms with Crippen LogP contribution in [0.25, 0.3) is 0 Å². The van der Waals surface area contributed by atoms with Gasteiger partial charge in [0.15, 0.2) is 25.0 Å². The second kappa shape index (κ2) is 17.8. The zero-order chi connectivity index (χ0) is 49.1. The highest BCUT2D eigenvalue weighted by Gasteiger charge is 2.72. The molecule has 5 aliphatic carbocycles. The molecule has 3 saturated heterocycles. The number of rotatable bonds is 10. The molecule has 4 saturated carbocycles. The monoisotopic (exact) mass is 956 g/mol. The van der Waals surface area contributed by atoms with Gasteiger partial charge in [0, 0.05) is 0 Å². The number of carboxylic acids is 2. The number of aliphatic carboxylic acids is 2. The second-order valence-corrected chi connectivity index (χ2v) is 22.8. The van der Waals surface area contributed by atoms with Crippen molar-refractivity contribution in [3.63, 3.8) is 0 Å². The Bertz CT molecular complexity index is 1910. The number of hydrogen-bond donors (Lipinski definition) is 11. The van der Waals surface area contributed by atoms with Gasteiger partial charge in [0.25, 0.3) is 0 Å². The molecule has 24 atom stereocenters. The number of carboxylic acid groups (broad SMARTS) is 2. The molecule has 3 heterocycles.